The number of hydrogen-bond donors (Lipinski definition) is 0. The predicted molar refractivity (Wildman–Crippen MR) is 132 cm³/mol. The molecule has 0 aliphatic rings. The summed E-state index contributed by atoms with van der Waals surface area (Å²) in [6.45, 7) is 8.78. The van der Waals surface area contributed by atoms with Crippen molar-refractivity contribution in [1.29, 1.82) is 0 Å². The molecule has 0 fully saturated rings. The monoisotopic (exact) mass is 425 g/mol. The minimum atomic E-state index is -0.253. The number of aromatic nitrogens is 1. The minimum absolute atomic E-state index is 0.253. The third-order valence-corrected chi connectivity index (χ3v) is 6.64. The molecule has 5 aromatic rings. The van der Waals surface area contributed by atoms with Crippen LogP contribution in [0.25, 0.3) is 44.0 Å². The summed E-state index contributed by atoms with van der Waals surface area (Å²) < 4.78 is 20.7. The fourth-order valence-corrected chi connectivity index (χ4v) is 4.72. The summed E-state index contributed by atoms with van der Waals surface area (Å²) in [6, 6.07) is 19.7. The zero-order valence-electron chi connectivity index (χ0n) is 19.1. The van der Waals surface area contributed by atoms with Crippen LogP contribution in [0.3, 0.4) is 0 Å². The molecule has 0 spiro atoms. The van der Waals surface area contributed by atoms with Gasteiger partial charge in [-0.05, 0) is 66.1 Å². The van der Waals surface area contributed by atoms with E-state index in [1.54, 1.807) is 6.07 Å². The predicted octanol–water partition coefficient (Wildman–Crippen LogP) is 8.97. The standard InChI is InChI=1S/C29H28FNO/c1-5-18(6-2)26-15-19-11-12-21(30)16-23(19)28(31-26)25-14-20(17(3)4)13-24-22-9-7-8-10-27(22)32-29(24)25/h7-18H,5-6H2,1-4H3. The van der Waals surface area contributed by atoms with Gasteiger partial charge in [0.2, 0.25) is 0 Å². The summed E-state index contributed by atoms with van der Waals surface area (Å²) in [5.74, 6) is 0.455. The number of para-hydroxylation sites is 1. The van der Waals surface area contributed by atoms with Crippen LogP contribution in [0.15, 0.2) is 65.1 Å². The summed E-state index contributed by atoms with van der Waals surface area (Å²) >= 11 is 0. The van der Waals surface area contributed by atoms with Crippen molar-refractivity contribution in [3.63, 3.8) is 0 Å². The zero-order chi connectivity index (χ0) is 22.4. The molecule has 162 valence electrons. The topological polar surface area (TPSA) is 26.0 Å². The third-order valence-electron chi connectivity index (χ3n) is 6.64. The zero-order valence-corrected chi connectivity index (χ0v) is 19.1. The Morgan fingerprint density at radius 2 is 1.66 bits per heavy atom. The highest BCUT2D eigenvalue weighted by Gasteiger charge is 2.20. The van der Waals surface area contributed by atoms with Crippen molar-refractivity contribution in [3.8, 4) is 11.3 Å². The minimum Gasteiger partial charge on any atom is -0.455 e. The van der Waals surface area contributed by atoms with Gasteiger partial charge in [-0.15, -0.1) is 0 Å². The first-order chi connectivity index (χ1) is 15.5. The average molecular weight is 426 g/mol. The van der Waals surface area contributed by atoms with Gasteiger partial charge in [0.15, 0.2) is 0 Å². The summed E-state index contributed by atoms with van der Waals surface area (Å²) in [6.07, 6.45) is 2.03. The molecular formula is C29H28FNO. The summed E-state index contributed by atoms with van der Waals surface area (Å²) in [5.41, 5.74) is 5.69. The molecule has 3 aromatic carbocycles. The van der Waals surface area contributed by atoms with Gasteiger partial charge in [0, 0.05) is 33.3 Å². The van der Waals surface area contributed by atoms with Crippen molar-refractivity contribution in [2.45, 2.75) is 52.4 Å². The van der Waals surface area contributed by atoms with E-state index in [0.29, 0.717) is 11.8 Å². The maximum Gasteiger partial charge on any atom is 0.144 e. The van der Waals surface area contributed by atoms with Crippen LogP contribution in [-0.4, -0.2) is 4.98 Å². The highest BCUT2D eigenvalue weighted by molar-refractivity contribution is 6.12. The largest absolute Gasteiger partial charge is 0.455 e. The van der Waals surface area contributed by atoms with Gasteiger partial charge < -0.3 is 4.42 Å². The molecule has 2 nitrogen and oxygen atoms in total. The van der Waals surface area contributed by atoms with Crippen molar-refractivity contribution < 1.29 is 8.81 Å². The number of nitrogens with zero attached hydrogens (tertiary/aromatic N) is 1. The molecule has 0 bridgehead atoms. The van der Waals surface area contributed by atoms with E-state index in [1.807, 2.05) is 24.3 Å². The molecule has 0 aliphatic carbocycles. The van der Waals surface area contributed by atoms with E-state index in [2.05, 4.69) is 52.0 Å². The second kappa shape index (κ2) is 8.05. The van der Waals surface area contributed by atoms with Crippen molar-refractivity contribution in [2.75, 3.05) is 0 Å². The number of halogens is 1. The number of rotatable bonds is 5. The first-order valence-corrected chi connectivity index (χ1v) is 11.6. The molecule has 0 saturated carbocycles. The second-order valence-electron chi connectivity index (χ2n) is 8.97. The van der Waals surface area contributed by atoms with Crippen molar-refractivity contribution >= 4 is 32.7 Å². The Morgan fingerprint density at radius 1 is 0.875 bits per heavy atom. The second-order valence-corrected chi connectivity index (χ2v) is 8.97. The van der Waals surface area contributed by atoms with Crippen LogP contribution in [0.2, 0.25) is 0 Å². The maximum atomic E-state index is 14.4. The Kier molecular flexibility index (Phi) is 5.21. The van der Waals surface area contributed by atoms with E-state index in [9.17, 15) is 4.39 Å². The normalized spacial score (nSPS) is 12.1. The highest BCUT2D eigenvalue weighted by Crippen LogP contribution is 2.41. The maximum absolute atomic E-state index is 14.4. The number of hydrogen-bond acceptors (Lipinski definition) is 2. The molecule has 5 rings (SSSR count). The lowest BCUT2D eigenvalue weighted by molar-refractivity contribution is 0.623. The van der Waals surface area contributed by atoms with Crippen LogP contribution >= 0.6 is 0 Å². The molecule has 0 atom stereocenters. The van der Waals surface area contributed by atoms with E-state index < -0.39 is 0 Å². The molecule has 0 aliphatic heterocycles. The summed E-state index contributed by atoms with van der Waals surface area (Å²) in [7, 11) is 0. The Bertz CT molecular complexity index is 1440. The lowest BCUT2D eigenvalue weighted by Crippen LogP contribution is -2.02. The van der Waals surface area contributed by atoms with Crippen molar-refractivity contribution in [1.82, 2.24) is 4.98 Å². The Labute approximate surface area is 188 Å². The van der Waals surface area contributed by atoms with Crippen molar-refractivity contribution in [3.05, 3.63) is 77.7 Å². The Morgan fingerprint density at radius 3 is 2.41 bits per heavy atom. The van der Waals surface area contributed by atoms with Crippen LogP contribution < -0.4 is 0 Å². The van der Waals surface area contributed by atoms with Gasteiger partial charge in [-0.25, -0.2) is 4.39 Å². The van der Waals surface area contributed by atoms with E-state index in [4.69, 9.17) is 9.40 Å². The number of pyridine rings is 1. The molecule has 0 amide bonds. The van der Waals surface area contributed by atoms with Gasteiger partial charge in [-0.1, -0.05) is 52.0 Å². The summed E-state index contributed by atoms with van der Waals surface area (Å²) in [4.78, 5) is 5.15. The number of fused-ring (bicyclic) bond motifs is 4. The van der Waals surface area contributed by atoms with Gasteiger partial charge in [-0.2, -0.15) is 0 Å². The molecule has 2 heterocycles. The first-order valence-electron chi connectivity index (χ1n) is 11.6. The van der Waals surface area contributed by atoms with Crippen LogP contribution in [0.4, 0.5) is 4.39 Å². The van der Waals surface area contributed by atoms with Gasteiger partial charge in [0.05, 0.1) is 5.69 Å². The lowest BCUT2D eigenvalue weighted by Gasteiger charge is -2.17. The van der Waals surface area contributed by atoms with Gasteiger partial charge in [0.25, 0.3) is 0 Å². The van der Waals surface area contributed by atoms with E-state index in [-0.39, 0.29) is 5.82 Å². The fourth-order valence-electron chi connectivity index (χ4n) is 4.72. The van der Waals surface area contributed by atoms with Crippen LogP contribution in [0, 0.1) is 5.82 Å². The van der Waals surface area contributed by atoms with Gasteiger partial charge in [-0.3, -0.25) is 4.98 Å². The quantitative estimate of drug-likeness (QED) is 0.281. The summed E-state index contributed by atoms with van der Waals surface area (Å²) in [5, 5.41) is 4.01. The highest BCUT2D eigenvalue weighted by atomic mass is 19.1. The number of furan rings is 1. The third kappa shape index (κ3) is 3.37. The lowest BCUT2D eigenvalue weighted by atomic mass is 9.92. The van der Waals surface area contributed by atoms with Crippen LogP contribution in [0.5, 0.6) is 0 Å². The fraction of sp³-hybridized carbons (Fsp3) is 0.276. The van der Waals surface area contributed by atoms with E-state index >= 15 is 0 Å². The SMILES string of the molecule is CCC(CC)c1cc2ccc(F)cc2c(-c2cc(C(C)C)cc3c2oc2ccccc23)n1. The first kappa shape index (κ1) is 20.7. The molecule has 0 N–H and O–H groups in total. The van der Waals surface area contributed by atoms with Crippen molar-refractivity contribution in [2.24, 2.45) is 0 Å². The average Bonchev–Trinajstić information content (AvgIpc) is 3.17. The molecular weight excluding hydrogens is 397 g/mol. The van der Waals surface area contributed by atoms with E-state index in [1.165, 1.54) is 11.6 Å². The molecule has 0 radical (unpaired) electrons. The van der Waals surface area contributed by atoms with Crippen LogP contribution in [0.1, 0.15) is 63.6 Å². The molecule has 3 heteroatoms. The molecule has 0 unspecified atom stereocenters. The Balaban J connectivity index is 1.92. The van der Waals surface area contributed by atoms with Gasteiger partial charge >= 0.3 is 0 Å². The van der Waals surface area contributed by atoms with Gasteiger partial charge in [0.1, 0.15) is 17.0 Å². The smallest absolute Gasteiger partial charge is 0.144 e. The molecule has 0 saturated heterocycles. The van der Waals surface area contributed by atoms with E-state index in [0.717, 1.165) is 62.5 Å². The molecule has 2 aromatic heterocycles. The van der Waals surface area contributed by atoms with Crippen LogP contribution in [-0.2, 0) is 0 Å². The molecule has 32 heavy (non-hydrogen) atoms. The number of benzene rings is 3. The Hall–Kier alpha value is -3.20.